The SMILES string of the molecule is Cc1cc(C=NN(C)C)c(C)n1-c1cc(S(=O)(=O)N2CCOCC2)ccc1N1CCCC1. The lowest BCUT2D eigenvalue weighted by Crippen LogP contribution is -2.40. The van der Waals surface area contributed by atoms with E-state index in [9.17, 15) is 8.42 Å². The second-order valence-electron chi connectivity index (χ2n) is 8.61. The maximum Gasteiger partial charge on any atom is 0.243 e. The van der Waals surface area contributed by atoms with Crippen molar-refractivity contribution in [3.63, 3.8) is 0 Å². The normalized spacial score (nSPS) is 18.1. The average molecular weight is 460 g/mol. The summed E-state index contributed by atoms with van der Waals surface area (Å²) in [4.78, 5) is 2.68. The molecule has 0 aliphatic carbocycles. The van der Waals surface area contributed by atoms with Gasteiger partial charge in [-0.25, -0.2) is 8.42 Å². The molecule has 174 valence electrons. The lowest BCUT2D eigenvalue weighted by molar-refractivity contribution is 0.0730. The fraction of sp³-hybridized carbons (Fsp3) is 0.522. The number of rotatable bonds is 6. The number of aryl methyl sites for hydroxylation is 1. The summed E-state index contributed by atoms with van der Waals surface area (Å²) in [7, 11) is 0.195. The maximum absolute atomic E-state index is 13.4. The van der Waals surface area contributed by atoms with E-state index in [0.29, 0.717) is 31.2 Å². The molecule has 0 unspecified atom stereocenters. The van der Waals surface area contributed by atoms with Crippen molar-refractivity contribution in [3.05, 3.63) is 41.2 Å². The van der Waals surface area contributed by atoms with Crippen molar-refractivity contribution in [1.82, 2.24) is 13.9 Å². The Hall–Kier alpha value is -2.36. The molecule has 8 nitrogen and oxygen atoms in total. The number of ether oxygens (including phenoxy) is 1. The largest absolute Gasteiger partial charge is 0.379 e. The molecule has 0 amide bonds. The van der Waals surface area contributed by atoms with E-state index < -0.39 is 10.0 Å². The van der Waals surface area contributed by atoms with Gasteiger partial charge in [-0.2, -0.15) is 9.41 Å². The van der Waals surface area contributed by atoms with E-state index in [0.717, 1.165) is 54.3 Å². The van der Waals surface area contributed by atoms with Gasteiger partial charge in [-0.15, -0.1) is 0 Å². The molecule has 3 heterocycles. The molecule has 0 spiro atoms. The Morgan fingerprint density at radius 1 is 1.00 bits per heavy atom. The molecule has 0 N–H and O–H groups in total. The third-order valence-corrected chi connectivity index (χ3v) is 8.04. The van der Waals surface area contributed by atoms with Gasteiger partial charge < -0.3 is 19.2 Å². The molecule has 4 rings (SSSR count). The predicted molar refractivity (Wildman–Crippen MR) is 128 cm³/mol. The number of hydrazone groups is 1. The lowest BCUT2D eigenvalue weighted by atomic mass is 10.2. The highest BCUT2D eigenvalue weighted by molar-refractivity contribution is 7.89. The van der Waals surface area contributed by atoms with E-state index in [-0.39, 0.29) is 0 Å². The van der Waals surface area contributed by atoms with Gasteiger partial charge in [0.15, 0.2) is 0 Å². The lowest BCUT2D eigenvalue weighted by Gasteiger charge is -2.28. The summed E-state index contributed by atoms with van der Waals surface area (Å²) in [6.45, 7) is 7.72. The molecule has 0 atom stereocenters. The van der Waals surface area contributed by atoms with Crippen LogP contribution in [0.5, 0.6) is 0 Å². The monoisotopic (exact) mass is 459 g/mol. The van der Waals surface area contributed by atoms with E-state index >= 15 is 0 Å². The summed E-state index contributed by atoms with van der Waals surface area (Å²) in [5, 5.41) is 6.15. The summed E-state index contributed by atoms with van der Waals surface area (Å²) < 4.78 is 35.8. The average Bonchev–Trinajstić information content (AvgIpc) is 3.40. The Labute approximate surface area is 191 Å². The highest BCUT2D eigenvalue weighted by atomic mass is 32.2. The van der Waals surface area contributed by atoms with Crippen LogP contribution in [0.1, 0.15) is 29.8 Å². The van der Waals surface area contributed by atoms with E-state index in [1.807, 2.05) is 32.4 Å². The van der Waals surface area contributed by atoms with Crippen LogP contribution in [0.25, 0.3) is 5.69 Å². The molecule has 2 aromatic rings. The number of sulfonamides is 1. The van der Waals surface area contributed by atoms with Crippen LogP contribution in [0.2, 0.25) is 0 Å². The standard InChI is InChI=1S/C23H33N5O3S/c1-18-15-20(17-24-25(3)4)19(2)28(18)23-16-21(7-8-22(23)26-9-5-6-10-26)32(29,30)27-11-13-31-14-12-27/h7-8,15-17H,5-6,9-14H2,1-4H3. The first kappa shape index (κ1) is 22.8. The van der Waals surface area contributed by atoms with Crippen molar-refractivity contribution in [2.45, 2.75) is 31.6 Å². The Kier molecular flexibility index (Phi) is 6.60. The number of morpholine rings is 1. The van der Waals surface area contributed by atoms with Crippen LogP contribution in [0, 0.1) is 13.8 Å². The van der Waals surface area contributed by atoms with E-state index in [4.69, 9.17) is 4.74 Å². The Balaban J connectivity index is 1.83. The van der Waals surface area contributed by atoms with Gasteiger partial charge in [-0.1, -0.05) is 0 Å². The van der Waals surface area contributed by atoms with Gasteiger partial charge in [0.25, 0.3) is 0 Å². The number of anilines is 1. The van der Waals surface area contributed by atoms with Crippen molar-refractivity contribution in [2.75, 3.05) is 58.4 Å². The molecule has 0 radical (unpaired) electrons. The zero-order valence-corrected chi connectivity index (χ0v) is 20.2. The number of hydrogen-bond acceptors (Lipinski definition) is 6. The molecular weight excluding hydrogens is 426 g/mol. The quantitative estimate of drug-likeness (QED) is 0.491. The van der Waals surface area contributed by atoms with Crippen LogP contribution >= 0.6 is 0 Å². The summed E-state index contributed by atoms with van der Waals surface area (Å²) in [5.41, 5.74) is 5.07. The van der Waals surface area contributed by atoms with Crippen molar-refractivity contribution < 1.29 is 13.2 Å². The Morgan fingerprint density at radius 3 is 2.34 bits per heavy atom. The van der Waals surface area contributed by atoms with Gasteiger partial charge in [-0.3, -0.25) is 0 Å². The van der Waals surface area contributed by atoms with Crippen LogP contribution in [0.15, 0.2) is 34.3 Å². The summed E-state index contributed by atoms with van der Waals surface area (Å²) >= 11 is 0. The topological polar surface area (TPSA) is 70.4 Å². The summed E-state index contributed by atoms with van der Waals surface area (Å²) in [5.74, 6) is 0. The molecule has 9 heteroatoms. The van der Waals surface area contributed by atoms with Crippen LogP contribution in [-0.2, 0) is 14.8 Å². The summed E-state index contributed by atoms with van der Waals surface area (Å²) in [6, 6.07) is 7.66. The van der Waals surface area contributed by atoms with Gasteiger partial charge in [0.05, 0.1) is 35.7 Å². The van der Waals surface area contributed by atoms with Crippen molar-refractivity contribution >= 4 is 21.9 Å². The van der Waals surface area contributed by atoms with Gasteiger partial charge in [0.1, 0.15) is 0 Å². The highest BCUT2D eigenvalue weighted by Gasteiger charge is 2.28. The van der Waals surface area contributed by atoms with Gasteiger partial charge >= 0.3 is 0 Å². The third-order valence-electron chi connectivity index (χ3n) is 6.14. The highest BCUT2D eigenvalue weighted by Crippen LogP contribution is 2.34. The van der Waals surface area contributed by atoms with Gasteiger partial charge in [-0.05, 0) is 51.0 Å². The van der Waals surface area contributed by atoms with Crippen LogP contribution in [0.3, 0.4) is 0 Å². The summed E-state index contributed by atoms with van der Waals surface area (Å²) in [6.07, 6.45) is 4.15. The van der Waals surface area contributed by atoms with E-state index in [2.05, 4.69) is 34.5 Å². The molecule has 1 aromatic heterocycles. The number of benzene rings is 1. The minimum atomic E-state index is -3.58. The zero-order chi connectivity index (χ0) is 22.9. The Morgan fingerprint density at radius 2 is 1.69 bits per heavy atom. The van der Waals surface area contributed by atoms with Crippen molar-refractivity contribution in [1.29, 1.82) is 0 Å². The second kappa shape index (κ2) is 9.25. The Bertz CT molecular complexity index is 1100. The third kappa shape index (κ3) is 4.42. The van der Waals surface area contributed by atoms with Crippen LogP contribution in [0.4, 0.5) is 5.69 Å². The second-order valence-corrected chi connectivity index (χ2v) is 10.6. The maximum atomic E-state index is 13.4. The smallest absolute Gasteiger partial charge is 0.243 e. The molecular formula is C23H33N5O3S. The molecule has 32 heavy (non-hydrogen) atoms. The molecule has 2 saturated heterocycles. The first-order valence-corrected chi connectivity index (χ1v) is 12.6. The fourth-order valence-electron chi connectivity index (χ4n) is 4.47. The molecule has 0 saturated carbocycles. The van der Waals surface area contributed by atoms with E-state index in [1.54, 1.807) is 11.1 Å². The van der Waals surface area contributed by atoms with Gasteiger partial charge in [0.2, 0.25) is 10.0 Å². The minimum Gasteiger partial charge on any atom is -0.379 e. The van der Waals surface area contributed by atoms with Crippen LogP contribution in [-0.4, -0.2) is 82.0 Å². The molecule has 1 aromatic carbocycles. The molecule has 2 fully saturated rings. The van der Waals surface area contributed by atoms with Gasteiger partial charge in [0, 0.05) is 57.2 Å². The minimum absolute atomic E-state index is 0.327. The fourth-order valence-corrected chi connectivity index (χ4v) is 5.90. The van der Waals surface area contributed by atoms with E-state index in [1.165, 1.54) is 4.31 Å². The first-order chi connectivity index (χ1) is 15.3. The zero-order valence-electron chi connectivity index (χ0n) is 19.4. The van der Waals surface area contributed by atoms with Crippen LogP contribution < -0.4 is 4.90 Å². The predicted octanol–water partition coefficient (Wildman–Crippen LogP) is 2.61. The molecule has 0 bridgehead atoms. The number of hydrogen-bond donors (Lipinski definition) is 0. The number of nitrogens with zero attached hydrogens (tertiary/aromatic N) is 5. The van der Waals surface area contributed by atoms with Crippen molar-refractivity contribution in [3.8, 4) is 5.69 Å². The molecule has 2 aliphatic rings. The van der Waals surface area contributed by atoms with Crippen molar-refractivity contribution in [2.24, 2.45) is 5.10 Å². The first-order valence-electron chi connectivity index (χ1n) is 11.2. The molecule has 2 aliphatic heterocycles. The number of aromatic nitrogens is 1.